The van der Waals surface area contributed by atoms with E-state index < -0.39 is 0 Å². The molecule has 0 radical (unpaired) electrons. The third-order valence-electron chi connectivity index (χ3n) is 1.59. The molecule has 0 saturated carbocycles. The molecule has 0 heterocycles. The van der Waals surface area contributed by atoms with E-state index in [-0.39, 0.29) is 18.9 Å². The van der Waals surface area contributed by atoms with E-state index >= 15 is 0 Å². The molecule has 1 rings (SSSR count). The second-order valence-corrected chi connectivity index (χ2v) is 2.80. The van der Waals surface area contributed by atoms with Crippen LogP contribution in [0.3, 0.4) is 0 Å². The molecule has 0 atom stereocenters. The van der Waals surface area contributed by atoms with Gasteiger partial charge in [-0.3, -0.25) is 0 Å². The summed E-state index contributed by atoms with van der Waals surface area (Å²) >= 11 is 0. The molecule has 16 heavy (non-hydrogen) atoms. The van der Waals surface area contributed by atoms with Crippen molar-refractivity contribution >= 4 is 5.69 Å². The summed E-state index contributed by atoms with van der Waals surface area (Å²) in [5.74, 6) is 0. The molecule has 0 aromatic heterocycles. The average Bonchev–Trinajstić information content (AvgIpc) is 2.29. The fourth-order valence-corrected chi connectivity index (χ4v) is 0.883. The Morgan fingerprint density at radius 2 is 1.50 bits per heavy atom. The second-order valence-electron chi connectivity index (χ2n) is 2.80. The summed E-state index contributed by atoms with van der Waals surface area (Å²) in [5, 5.41) is 4.21. The average molecular weight is 217 g/mol. The zero-order chi connectivity index (χ0) is 11.4. The summed E-state index contributed by atoms with van der Waals surface area (Å²) in [4.78, 5) is 0. The van der Waals surface area contributed by atoms with Crippen molar-refractivity contribution in [3.05, 3.63) is 35.6 Å². The molecule has 0 bridgehead atoms. The minimum atomic E-state index is 0. The Hall–Kier alpha value is -0.463. The number of para-hydroxylation sites is 1. The molecular weight excluding hydrogens is 197 g/mol. The van der Waals surface area contributed by atoms with Crippen LogP contribution in [0.5, 0.6) is 0 Å². The molecule has 0 unspecified atom stereocenters. The largest absolute Gasteiger partial charge is 1.00 e. The molecule has 3 nitrogen and oxygen atoms in total. The van der Waals surface area contributed by atoms with Crippen LogP contribution in [0.25, 0.3) is 5.32 Å². The molecule has 0 aliphatic heterocycles. The summed E-state index contributed by atoms with van der Waals surface area (Å²) in [7, 11) is 3.30. The Morgan fingerprint density at radius 3 is 1.88 bits per heavy atom. The molecular formula is C12H20LiNO2. The number of hydrogen-bond donors (Lipinski definition) is 0. The SMILES string of the molecule is CC[N-]c1ccccc1.COCCOC.[Li+]. The molecule has 1 aromatic carbocycles. The van der Waals surface area contributed by atoms with Gasteiger partial charge in [0, 0.05) is 14.2 Å². The number of methoxy groups -OCH3 is 2. The van der Waals surface area contributed by atoms with Gasteiger partial charge in [0.05, 0.1) is 13.2 Å². The molecule has 0 aliphatic rings. The minimum absolute atomic E-state index is 0. The van der Waals surface area contributed by atoms with Crippen molar-refractivity contribution < 1.29 is 28.3 Å². The first-order chi connectivity index (χ1) is 7.35. The van der Waals surface area contributed by atoms with Gasteiger partial charge in [0.25, 0.3) is 0 Å². The Morgan fingerprint density at radius 1 is 1.00 bits per heavy atom. The number of nitrogens with zero attached hydrogens (tertiary/aromatic N) is 1. The van der Waals surface area contributed by atoms with E-state index in [1.165, 1.54) is 0 Å². The number of hydrogen-bond acceptors (Lipinski definition) is 2. The number of benzene rings is 1. The van der Waals surface area contributed by atoms with Crippen LogP contribution in [-0.4, -0.2) is 34.0 Å². The summed E-state index contributed by atoms with van der Waals surface area (Å²) < 4.78 is 9.31. The van der Waals surface area contributed by atoms with Gasteiger partial charge in [-0.15, -0.1) is 12.2 Å². The predicted octanol–water partition coefficient (Wildman–Crippen LogP) is -0.00510. The van der Waals surface area contributed by atoms with Gasteiger partial charge in [-0.05, 0) is 0 Å². The van der Waals surface area contributed by atoms with E-state index in [0.717, 1.165) is 12.2 Å². The van der Waals surface area contributed by atoms with Gasteiger partial charge in [0.15, 0.2) is 0 Å². The normalized spacial score (nSPS) is 8.44. The monoisotopic (exact) mass is 217 g/mol. The quantitative estimate of drug-likeness (QED) is 0.513. The van der Waals surface area contributed by atoms with Crippen LogP contribution < -0.4 is 18.9 Å². The van der Waals surface area contributed by atoms with Gasteiger partial charge in [-0.2, -0.15) is 0 Å². The van der Waals surface area contributed by atoms with Gasteiger partial charge >= 0.3 is 18.9 Å². The maximum absolute atomic E-state index is 4.66. The van der Waals surface area contributed by atoms with Crippen molar-refractivity contribution in [2.24, 2.45) is 0 Å². The first-order valence-corrected chi connectivity index (χ1v) is 5.05. The molecule has 4 heteroatoms. The van der Waals surface area contributed by atoms with Crippen molar-refractivity contribution in [2.45, 2.75) is 6.92 Å². The number of rotatable bonds is 5. The van der Waals surface area contributed by atoms with E-state index in [4.69, 9.17) is 0 Å². The van der Waals surface area contributed by atoms with Crippen LogP contribution in [-0.2, 0) is 9.47 Å². The second kappa shape index (κ2) is 14.5. The van der Waals surface area contributed by atoms with Crippen LogP contribution >= 0.6 is 0 Å². The fraction of sp³-hybridized carbons (Fsp3) is 0.500. The Bertz CT molecular complexity index is 216. The zero-order valence-corrected chi connectivity index (χ0v) is 10.8. The van der Waals surface area contributed by atoms with Gasteiger partial charge in [-0.25, -0.2) is 0 Å². The summed E-state index contributed by atoms with van der Waals surface area (Å²) in [6.07, 6.45) is 0. The Kier molecular flexibility index (Phi) is 16.3. The maximum Gasteiger partial charge on any atom is 1.00 e. The molecule has 0 spiro atoms. The third kappa shape index (κ3) is 11.6. The summed E-state index contributed by atoms with van der Waals surface area (Å²) in [6, 6.07) is 9.99. The Balaban J connectivity index is 0. The van der Waals surface area contributed by atoms with Crippen molar-refractivity contribution in [3.63, 3.8) is 0 Å². The van der Waals surface area contributed by atoms with Crippen LogP contribution in [0.2, 0.25) is 0 Å². The van der Waals surface area contributed by atoms with E-state index in [9.17, 15) is 0 Å². The molecule has 0 amide bonds. The minimum Gasteiger partial charge on any atom is -0.685 e. The first kappa shape index (κ1) is 17.9. The number of ether oxygens (including phenoxy) is 2. The van der Waals surface area contributed by atoms with Gasteiger partial charge in [0.2, 0.25) is 0 Å². The summed E-state index contributed by atoms with van der Waals surface area (Å²) in [5.41, 5.74) is 1.07. The van der Waals surface area contributed by atoms with Gasteiger partial charge in [0.1, 0.15) is 0 Å². The van der Waals surface area contributed by atoms with E-state index in [1.54, 1.807) is 14.2 Å². The standard InChI is InChI=1S/C8H10N.C4H10O2.Li/c1-2-9-8-6-4-3-5-7-8;1-5-3-4-6-2;/h3-7H,2H2,1H3;3-4H2,1-2H3;/q-1;;+1. The van der Waals surface area contributed by atoms with Crippen LogP contribution in [0.1, 0.15) is 6.92 Å². The van der Waals surface area contributed by atoms with Gasteiger partial charge in [-0.1, -0.05) is 37.3 Å². The van der Waals surface area contributed by atoms with Crippen molar-refractivity contribution in [2.75, 3.05) is 34.0 Å². The summed E-state index contributed by atoms with van der Waals surface area (Å²) in [6.45, 7) is 4.28. The Labute approximate surface area is 111 Å². The van der Waals surface area contributed by atoms with Gasteiger partial charge < -0.3 is 14.8 Å². The van der Waals surface area contributed by atoms with E-state index in [1.807, 2.05) is 37.3 Å². The smallest absolute Gasteiger partial charge is 0.685 e. The molecule has 0 aliphatic carbocycles. The van der Waals surface area contributed by atoms with E-state index in [0.29, 0.717) is 13.2 Å². The van der Waals surface area contributed by atoms with Crippen molar-refractivity contribution in [3.8, 4) is 0 Å². The van der Waals surface area contributed by atoms with Crippen molar-refractivity contribution in [1.82, 2.24) is 0 Å². The van der Waals surface area contributed by atoms with Crippen LogP contribution in [0, 0.1) is 0 Å². The van der Waals surface area contributed by atoms with E-state index in [2.05, 4.69) is 14.8 Å². The molecule has 0 N–H and O–H groups in total. The van der Waals surface area contributed by atoms with Crippen LogP contribution in [0.15, 0.2) is 30.3 Å². The van der Waals surface area contributed by atoms with Crippen LogP contribution in [0.4, 0.5) is 5.69 Å². The molecule has 1 aromatic rings. The van der Waals surface area contributed by atoms with Crippen molar-refractivity contribution in [1.29, 1.82) is 0 Å². The predicted molar refractivity (Wildman–Crippen MR) is 63.8 cm³/mol. The topological polar surface area (TPSA) is 32.6 Å². The fourth-order valence-electron chi connectivity index (χ4n) is 0.883. The molecule has 86 valence electrons. The molecule has 0 fully saturated rings. The third-order valence-corrected chi connectivity index (χ3v) is 1.59. The molecule has 0 saturated heterocycles. The maximum atomic E-state index is 4.66. The first-order valence-electron chi connectivity index (χ1n) is 5.05. The zero-order valence-electron chi connectivity index (χ0n) is 10.8.